The van der Waals surface area contributed by atoms with E-state index < -0.39 is 0 Å². The van der Waals surface area contributed by atoms with E-state index in [2.05, 4.69) is 59.7 Å². The van der Waals surface area contributed by atoms with Crippen molar-refractivity contribution in [1.29, 1.82) is 0 Å². The minimum absolute atomic E-state index is 0.0607. The molecule has 0 aliphatic carbocycles. The van der Waals surface area contributed by atoms with Gasteiger partial charge < -0.3 is 18.9 Å². The molecule has 2 aromatic carbocycles. The molecule has 2 aromatic rings. The highest BCUT2D eigenvalue weighted by molar-refractivity contribution is 5.69. The maximum atomic E-state index is 12.4. The van der Waals surface area contributed by atoms with Crippen LogP contribution in [-0.2, 0) is 54.2 Å². The van der Waals surface area contributed by atoms with Crippen LogP contribution in [0.25, 0.3) is 0 Å². The summed E-state index contributed by atoms with van der Waals surface area (Å²) in [7, 11) is 0. The van der Waals surface area contributed by atoms with Crippen LogP contribution >= 0.6 is 0 Å². The average molecular weight is 499 g/mol. The van der Waals surface area contributed by atoms with Gasteiger partial charge in [-0.15, -0.1) is 0 Å². The fourth-order valence-corrected chi connectivity index (χ4v) is 3.59. The van der Waals surface area contributed by atoms with Gasteiger partial charge in [-0.3, -0.25) is 4.79 Å². The number of benzene rings is 2. The molecule has 0 radical (unpaired) electrons. The van der Waals surface area contributed by atoms with Crippen LogP contribution in [0.4, 0.5) is 0 Å². The number of ether oxygens (including phenoxy) is 4. The van der Waals surface area contributed by atoms with E-state index in [-0.39, 0.29) is 23.4 Å². The maximum Gasteiger partial charge on any atom is 0.306 e. The van der Waals surface area contributed by atoms with Gasteiger partial charge in [0.1, 0.15) is 6.61 Å². The van der Waals surface area contributed by atoms with Crippen LogP contribution in [0.2, 0.25) is 0 Å². The number of esters is 1. The molecule has 5 heteroatoms. The molecule has 0 unspecified atom stereocenters. The molecule has 0 amide bonds. The van der Waals surface area contributed by atoms with Crippen LogP contribution < -0.4 is 0 Å². The maximum absolute atomic E-state index is 12.4. The lowest BCUT2D eigenvalue weighted by Crippen LogP contribution is -2.17. The minimum atomic E-state index is -0.176. The first-order valence-corrected chi connectivity index (χ1v) is 13.1. The minimum Gasteiger partial charge on any atom is -0.461 e. The van der Waals surface area contributed by atoms with Crippen molar-refractivity contribution in [1.82, 2.24) is 0 Å². The topological polar surface area (TPSA) is 54.0 Å². The first-order valence-electron chi connectivity index (χ1n) is 13.1. The van der Waals surface area contributed by atoms with Gasteiger partial charge in [-0.25, -0.2) is 0 Å². The summed E-state index contributed by atoms with van der Waals surface area (Å²) in [6, 6.07) is 14.7. The Hall–Kier alpha value is -2.21. The number of carbonyl (C=O) groups is 1. The van der Waals surface area contributed by atoms with Crippen LogP contribution in [0.1, 0.15) is 82.7 Å². The highest BCUT2D eigenvalue weighted by Gasteiger charge is 2.20. The smallest absolute Gasteiger partial charge is 0.306 e. The summed E-state index contributed by atoms with van der Waals surface area (Å²) in [5.74, 6) is -0.176. The molecule has 2 rings (SSSR count). The Kier molecular flexibility index (Phi) is 12.1. The van der Waals surface area contributed by atoms with Crippen molar-refractivity contribution in [2.45, 2.75) is 85.4 Å². The Morgan fingerprint density at radius 1 is 0.667 bits per heavy atom. The van der Waals surface area contributed by atoms with Crippen LogP contribution in [0.5, 0.6) is 0 Å². The molecule has 0 aliphatic rings. The molecule has 200 valence electrons. The van der Waals surface area contributed by atoms with E-state index in [0.29, 0.717) is 52.5 Å². The predicted octanol–water partition coefficient (Wildman–Crippen LogP) is 6.53. The normalized spacial score (nSPS) is 12.1. The van der Waals surface area contributed by atoms with Gasteiger partial charge in [-0.05, 0) is 52.0 Å². The lowest BCUT2D eigenvalue weighted by atomic mass is 9.79. The molecule has 0 aliphatic heterocycles. The van der Waals surface area contributed by atoms with Crippen LogP contribution in [0.3, 0.4) is 0 Å². The summed E-state index contributed by atoms with van der Waals surface area (Å²) >= 11 is 0. The van der Waals surface area contributed by atoms with E-state index in [4.69, 9.17) is 18.9 Å². The molecule has 0 bridgehead atoms. The molecule has 0 heterocycles. The Labute approximate surface area is 218 Å². The summed E-state index contributed by atoms with van der Waals surface area (Å²) in [6.45, 7) is 19.1. The standard InChI is InChI=1S/C31H46O5/c1-8-33-15-16-34-17-18-35-22-24-9-11-25(12-10-24)23-36-29(32)14-13-26-19-27(30(2,3)4)21-28(20-26)31(5,6)7/h9-12,19-21H,8,13-18,22-23H2,1-7H3. The van der Waals surface area contributed by atoms with Crippen LogP contribution in [0, 0.1) is 0 Å². The third-order valence-corrected chi connectivity index (χ3v) is 5.98. The molecule has 0 N–H and O–H groups in total. The molecule has 0 fully saturated rings. The first-order chi connectivity index (χ1) is 17.0. The zero-order valence-corrected chi connectivity index (χ0v) is 23.4. The van der Waals surface area contributed by atoms with Crippen molar-refractivity contribution in [3.05, 3.63) is 70.3 Å². The Balaban J connectivity index is 1.76. The summed E-state index contributed by atoms with van der Waals surface area (Å²) < 4.78 is 21.8. The molecular weight excluding hydrogens is 452 g/mol. The largest absolute Gasteiger partial charge is 0.461 e. The molecule has 0 saturated heterocycles. The number of hydrogen-bond acceptors (Lipinski definition) is 5. The molecule has 0 aromatic heterocycles. The van der Waals surface area contributed by atoms with Gasteiger partial charge in [0.25, 0.3) is 0 Å². The third-order valence-electron chi connectivity index (χ3n) is 5.98. The fourth-order valence-electron chi connectivity index (χ4n) is 3.59. The SMILES string of the molecule is CCOCCOCCOCc1ccc(COC(=O)CCc2cc(C(C)(C)C)cc(C(C)(C)C)c2)cc1. The van der Waals surface area contributed by atoms with Gasteiger partial charge >= 0.3 is 5.97 Å². The lowest BCUT2D eigenvalue weighted by Gasteiger charge is -2.26. The van der Waals surface area contributed by atoms with Crippen LogP contribution in [0.15, 0.2) is 42.5 Å². The Morgan fingerprint density at radius 3 is 1.69 bits per heavy atom. The van der Waals surface area contributed by atoms with E-state index in [1.54, 1.807) is 0 Å². The van der Waals surface area contributed by atoms with E-state index in [1.165, 1.54) is 16.7 Å². The Bertz CT molecular complexity index is 887. The van der Waals surface area contributed by atoms with Crippen molar-refractivity contribution >= 4 is 5.97 Å². The zero-order chi connectivity index (χ0) is 26.6. The average Bonchev–Trinajstić information content (AvgIpc) is 2.82. The zero-order valence-electron chi connectivity index (χ0n) is 23.4. The molecule has 5 nitrogen and oxygen atoms in total. The van der Waals surface area contributed by atoms with Crippen molar-refractivity contribution in [3.63, 3.8) is 0 Å². The second kappa shape index (κ2) is 14.5. The van der Waals surface area contributed by atoms with Gasteiger partial charge in [-0.2, -0.15) is 0 Å². The van der Waals surface area contributed by atoms with Crippen molar-refractivity contribution in [2.24, 2.45) is 0 Å². The summed E-state index contributed by atoms with van der Waals surface area (Å²) in [6.07, 6.45) is 1.05. The fraction of sp³-hybridized carbons (Fsp3) is 0.581. The number of aryl methyl sites for hydroxylation is 1. The molecule has 0 atom stereocenters. The van der Waals surface area contributed by atoms with Gasteiger partial charge in [0.05, 0.1) is 33.0 Å². The third kappa shape index (κ3) is 11.2. The quantitative estimate of drug-likeness (QED) is 0.219. The van der Waals surface area contributed by atoms with Crippen LogP contribution in [-0.4, -0.2) is 39.0 Å². The predicted molar refractivity (Wildman–Crippen MR) is 145 cm³/mol. The van der Waals surface area contributed by atoms with E-state index in [1.807, 2.05) is 31.2 Å². The second-order valence-corrected chi connectivity index (χ2v) is 11.3. The van der Waals surface area contributed by atoms with Gasteiger partial charge in [0, 0.05) is 13.0 Å². The molecule has 36 heavy (non-hydrogen) atoms. The molecule has 0 spiro atoms. The van der Waals surface area contributed by atoms with E-state index >= 15 is 0 Å². The first kappa shape index (κ1) is 30.0. The molecular formula is C31H46O5. The highest BCUT2D eigenvalue weighted by Crippen LogP contribution is 2.30. The van der Waals surface area contributed by atoms with Crippen molar-refractivity contribution in [3.8, 4) is 0 Å². The van der Waals surface area contributed by atoms with Crippen molar-refractivity contribution < 1.29 is 23.7 Å². The number of carbonyl (C=O) groups excluding carboxylic acids is 1. The second-order valence-electron chi connectivity index (χ2n) is 11.3. The summed E-state index contributed by atoms with van der Waals surface area (Å²) in [5, 5.41) is 0. The van der Waals surface area contributed by atoms with Crippen molar-refractivity contribution in [2.75, 3.05) is 33.0 Å². The summed E-state index contributed by atoms with van der Waals surface area (Å²) in [4.78, 5) is 12.4. The monoisotopic (exact) mass is 498 g/mol. The highest BCUT2D eigenvalue weighted by atomic mass is 16.5. The van der Waals surface area contributed by atoms with Gasteiger partial charge in [-0.1, -0.05) is 84.0 Å². The lowest BCUT2D eigenvalue weighted by molar-refractivity contribution is -0.144. The van der Waals surface area contributed by atoms with Gasteiger partial charge in [0.2, 0.25) is 0 Å². The van der Waals surface area contributed by atoms with Gasteiger partial charge in [0.15, 0.2) is 0 Å². The van der Waals surface area contributed by atoms with E-state index in [9.17, 15) is 4.79 Å². The number of hydrogen-bond donors (Lipinski definition) is 0. The van der Waals surface area contributed by atoms with E-state index in [0.717, 1.165) is 11.1 Å². The molecule has 0 saturated carbocycles. The summed E-state index contributed by atoms with van der Waals surface area (Å²) in [5.41, 5.74) is 5.96. The Morgan fingerprint density at radius 2 is 1.17 bits per heavy atom. The number of rotatable bonds is 14.